The molecule has 0 saturated heterocycles. The van der Waals surface area contributed by atoms with E-state index in [1.54, 1.807) is 25.1 Å². The third-order valence-electron chi connectivity index (χ3n) is 5.55. The Bertz CT molecular complexity index is 1080. The van der Waals surface area contributed by atoms with E-state index in [4.69, 9.17) is 4.74 Å². The molecule has 150 valence electrons. The Balaban J connectivity index is 1.81. The molecule has 0 unspecified atom stereocenters. The monoisotopic (exact) mass is 393 g/mol. The molecular weight excluding hydrogens is 370 g/mol. The smallest absolute Gasteiger partial charge is 0.267 e. The predicted molar refractivity (Wildman–Crippen MR) is 109 cm³/mol. The van der Waals surface area contributed by atoms with Gasteiger partial charge in [-0.3, -0.25) is 14.7 Å². The van der Waals surface area contributed by atoms with E-state index in [9.17, 15) is 14.7 Å². The van der Waals surface area contributed by atoms with Crippen LogP contribution in [0.25, 0.3) is 0 Å². The van der Waals surface area contributed by atoms with Crippen molar-refractivity contribution in [1.82, 2.24) is 10.2 Å². The van der Waals surface area contributed by atoms with Gasteiger partial charge in [0.05, 0.1) is 24.3 Å². The molecule has 1 aromatic heterocycles. The summed E-state index contributed by atoms with van der Waals surface area (Å²) in [4.78, 5) is 26.0. The number of aromatic nitrogens is 2. The SMILES string of the molecule is COc1ccccc1NC(=O)[C@H]1[C@@H](c2ccccc2)c2c([nH][nH]c2=O)C[C@@]1(C)O. The van der Waals surface area contributed by atoms with Crippen LogP contribution in [-0.2, 0) is 11.2 Å². The van der Waals surface area contributed by atoms with E-state index < -0.39 is 17.4 Å². The third kappa shape index (κ3) is 3.34. The average Bonchev–Trinajstić information content (AvgIpc) is 3.06. The quantitative estimate of drug-likeness (QED) is 0.546. The van der Waals surface area contributed by atoms with Crippen molar-refractivity contribution >= 4 is 11.6 Å². The molecule has 4 rings (SSSR count). The van der Waals surface area contributed by atoms with Gasteiger partial charge in [-0.25, -0.2) is 0 Å². The third-order valence-corrected chi connectivity index (χ3v) is 5.55. The zero-order valence-electron chi connectivity index (χ0n) is 16.2. The lowest BCUT2D eigenvalue weighted by molar-refractivity contribution is -0.130. The van der Waals surface area contributed by atoms with E-state index in [-0.39, 0.29) is 17.9 Å². The van der Waals surface area contributed by atoms with Gasteiger partial charge in [-0.1, -0.05) is 42.5 Å². The summed E-state index contributed by atoms with van der Waals surface area (Å²) in [5.74, 6) is -1.33. The first kappa shape index (κ1) is 19.0. The Kier molecular flexibility index (Phi) is 4.76. The van der Waals surface area contributed by atoms with Crippen LogP contribution in [0.4, 0.5) is 5.69 Å². The summed E-state index contributed by atoms with van der Waals surface area (Å²) in [6.07, 6.45) is 0.161. The number of aromatic amines is 2. The number of hydrogen-bond donors (Lipinski definition) is 4. The van der Waals surface area contributed by atoms with Crippen LogP contribution in [0.1, 0.15) is 29.7 Å². The Morgan fingerprint density at radius 2 is 1.83 bits per heavy atom. The molecule has 0 spiro atoms. The van der Waals surface area contributed by atoms with E-state index in [2.05, 4.69) is 15.5 Å². The van der Waals surface area contributed by atoms with Gasteiger partial charge in [0, 0.05) is 23.6 Å². The van der Waals surface area contributed by atoms with Crippen molar-refractivity contribution in [3.05, 3.63) is 81.8 Å². The minimum atomic E-state index is -1.37. The lowest BCUT2D eigenvalue weighted by atomic mass is 9.66. The Morgan fingerprint density at radius 1 is 1.14 bits per heavy atom. The number of aliphatic hydroxyl groups is 1. The number of benzene rings is 2. The highest BCUT2D eigenvalue weighted by Gasteiger charge is 2.50. The van der Waals surface area contributed by atoms with Crippen molar-refractivity contribution in [3.63, 3.8) is 0 Å². The fourth-order valence-electron chi connectivity index (χ4n) is 4.28. The molecule has 29 heavy (non-hydrogen) atoms. The van der Waals surface area contributed by atoms with Crippen LogP contribution in [0.15, 0.2) is 59.4 Å². The van der Waals surface area contributed by atoms with Gasteiger partial charge >= 0.3 is 0 Å². The molecule has 2 aromatic carbocycles. The molecule has 1 amide bonds. The van der Waals surface area contributed by atoms with Crippen LogP contribution in [0.3, 0.4) is 0 Å². The largest absolute Gasteiger partial charge is 0.495 e. The van der Waals surface area contributed by atoms with Gasteiger partial charge in [0.1, 0.15) is 5.75 Å². The zero-order chi connectivity index (χ0) is 20.6. The lowest BCUT2D eigenvalue weighted by Gasteiger charge is -2.41. The van der Waals surface area contributed by atoms with Gasteiger partial charge < -0.3 is 20.3 Å². The van der Waals surface area contributed by atoms with Crippen LogP contribution in [0.5, 0.6) is 5.75 Å². The number of methoxy groups -OCH3 is 1. The zero-order valence-corrected chi connectivity index (χ0v) is 16.2. The fourth-order valence-corrected chi connectivity index (χ4v) is 4.28. The van der Waals surface area contributed by atoms with Crippen molar-refractivity contribution < 1.29 is 14.6 Å². The summed E-state index contributed by atoms with van der Waals surface area (Å²) >= 11 is 0. The molecule has 1 heterocycles. The van der Waals surface area contributed by atoms with Crippen LogP contribution in [-0.4, -0.2) is 33.9 Å². The molecule has 0 saturated carbocycles. The summed E-state index contributed by atoms with van der Waals surface area (Å²) in [5, 5.41) is 19.6. The normalized spacial score (nSPS) is 23.3. The van der Waals surface area contributed by atoms with E-state index in [1.807, 2.05) is 36.4 Å². The number of carbonyl (C=O) groups is 1. The molecule has 7 heteroatoms. The van der Waals surface area contributed by atoms with Crippen molar-refractivity contribution in [3.8, 4) is 5.75 Å². The highest BCUT2D eigenvalue weighted by molar-refractivity contribution is 5.96. The second-order valence-corrected chi connectivity index (χ2v) is 7.56. The Hall–Kier alpha value is -3.32. The summed E-state index contributed by atoms with van der Waals surface area (Å²) in [6.45, 7) is 1.63. The van der Waals surface area contributed by atoms with Gasteiger partial charge in [-0.15, -0.1) is 0 Å². The number of carbonyl (C=O) groups excluding carboxylic acids is 1. The molecule has 1 aliphatic rings. The second kappa shape index (κ2) is 7.25. The van der Waals surface area contributed by atoms with Gasteiger partial charge in [-0.05, 0) is 24.6 Å². The summed E-state index contributed by atoms with van der Waals surface area (Å²) < 4.78 is 5.32. The summed E-state index contributed by atoms with van der Waals surface area (Å²) in [5.41, 5.74) is 0.762. The van der Waals surface area contributed by atoms with Crippen LogP contribution in [0, 0.1) is 5.92 Å². The molecule has 3 atom stereocenters. The second-order valence-electron chi connectivity index (χ2n) is 7.56. The number of fused-ring (bicyclic) bond motifs is 1. The van der Waals surface area contributed by atoms with Crippen molar-refractivity contribution in [1.29, 1.82) is 0 Å². The molecule has 7 nitrogen and oxygen atoms in total. The maximum atomic E-state index is 13.4. The highest BCUT2D eigenvalue weighted by atomic mass is 16.5. The number of hydrogen-bond acceptors (Lipinski definition) is 4. The molecule has 0 bridgehead atoms. The first-order valence-electron chi connectivity index (χ1n) is 9.43. The first-order chi connectivity index (χ1) is 13.9. The van der Waals surface area contributed by atoms with Crippen molar-refractivity contribution in [2.24, 2.45) is 5.92 Å². The molecule has 4 N–H and O–H groups in total. The minimum absolute atomic E-state index is 0.161. The van der Waals surface area contributed by atoms with Gasteiger partial charge in [-0.2, -0.15) is 0 Å². The maximum absolute atomic E-state index is 13.4. The topological polar surface area (TPSA) is 107 Å². The molecule has 0 aliphatic heterocycles. The Morgan fingerprint density at radius 3 is 2.55 bits per heavy atom. The fraction of sp³-hybridized carbons (Fsp3) is 0.273. The molecule has 3 aromatic rings. The van der Waals surface area contributed by atoms with E-state index in [0.29, 0.717) is 22.7 Å². The number of para-hydroxylation sites is 2. The van der Waals surface area contributed by atoms with Crippen LogP contribution in [0.2, 0.25) is 0 Å². The summed E-state index contributed by atoms with van der Waals surface area (Å²) in [6, 6.07) is 16.4. The predicted octanol–water partition coefficient (Wildman–Crippen LogP) is 2.41. The number of nitrogens with one attached hydrogen (secondary N) is 3. The summed E-state index contributed by atoms with van der Waals surface area (Å²) in [7, 11) is 1.53. The number of H-pyrrole nitrogens is 2. The van der Waals surface area contributed by atoms with E-state index in [1.165, 1.54) is 7.11 Å². The standard InChI is InChI=1S/C22H23N3O4/c1-22(28)12-15-18(20(26)25-24-15)17(13-8-4-3-5-9-13)19(22)21(27)23-14-10-6-7-11-16(14)29-2/h3-11,17,19,28H,12H2,1-2H3,(H,23,27)(H2,24,25,26)/t17-,19+,22+/m0/s1. The minimum Gasteiger partial charge on any atom is -0.495 e. The van der Waals surface area contributed by atoms with E-state index in [0.717, 1.165) is 5.56 Å². The van der Waals surface area contributed by atoms with Crippen LogP contribution >= 0.6 is 0 Å². The van der Waals surface area contributed by atoms with E-state index >= 15 is 0 Å². The number of rotatable bonds is 4. The van der Waals surface area contributed by atoms with Gasteiger partial charge in [0.25, 0.3) is 5.56 Å². The highest BCUT2D eigenvalue weighted by Crippen LogP contribution is 2.44. The number of ether oxygens (including phenoxy) is 1. The first-order valence-corrected chi connectivity index (χ1v) is 9.43. The van der Waals surface area contributed by atoms with Gasteiger partial charge in [0.15, 0.2) is 0 Å². The Labute approximate surface area is 167 Å². The maximum Gasteiger partial charge on any atom is 0.267 e. The number of amides is 1. The van der Waals surface area contributed by atoms with Crippen molar-refractivity contribution in [2.45, 2.75) is 24.9 Å². The molecule has 0 fully saturated rings. The average molecular weight is 393 g/mol. The number of anilines is 1. The lowest BCUT2D eigenvalue weighted by Crippen LogP contribution is -2.51. The molecular formula is C22H23N3O4. The van der Waals surface area contributed by atoms with Crippen molar-refractivity contribution in [2.75, 3.05) is 12.4 Å². The van der Waals surface area contributed by atoms with Crippen LogP contribution < -0.4 is 15.6 Å². The van der Waals surface area contributed by atoms with Gasteiger partial charge in [0.2, 0.25) is 5.91 Å². The molecule has 1 aliphatic carbocycles. The molecule has 0 radical (unpaired) electrons.